The smallest absolute Gasteiger partial charge is 0.251 e. The number of pyridine rings is 1. The number of nitrogens with zero attached hydrogens (tertiary/aromatic N) is 3. The second kappa shape index (κ2) is 6.32. The van der Waals surface area contributed by atoms with Crippen molar-refractivity contribution in [1.29, 1.82) is 0 Å². The summed E-state index contributed by atoms with van der Waals surface area (Å²) >= 11 is 0. The van der Waals surface area contributed by atoms with Crippen molar-refractivity contribution >= 4 is 17.4 Å². The zero-order chi connectivity index (χ0) is 18.1. The lowest BCUT2D eigenvalue weighted by Gasteiger charge is -2.07. The van der Waals surface area contributed by atoms with E-state index < -0.39 is 0 Å². The van der Waals surface area contributed by atoms with Gasteiger partial charge in [-0.2, -0.15) is 4.52 Å². The first kappa shape index (κ1) is 15.8. The van der Waals surface area contributed by atoms with Gasteiger partial charge in [0.2, 0.25) is 0 Å². The van der Waals surface area contributed by atoms with Crippen molar-refractivity contribution < 1.29 is 13.6 Å². The van der Waals surface area contributed by atoms with Gasteiger partial charge in [0.1, 0.15) is 17.9 Å². The Balaban J connectivity index is 1.57. The number of fused-ring (bicyclic) bond motifs is 1. The van der Waals surface area contributed by atoms with E-state index in [-0.39, 0.29) is 24.1 Å². The van der Waals surface area contributed by atoms with Crippen LogP contribution in [-0.4, -0.2) is 20.5 Å². The van der Waals surface area contributed by atoms with E-state index in [9.17, 15) is 9.18 Å². The van der Waals surface area contributed by atoms with Crippen LogP contribution < -0.4 is 11.1 Å². The van der Waals surface area contributed by atoms with Crippen LogP contribution in [0.4, 0.5) is 10.2 Å². The molecule has 1 amide bonds. The average molecular weight is 351 g/mol. The Labute approximate surface area is 147 Å². The van der Waals surface area contributed by atoms with Crippen molar-refractivity contribution in [3.8, 4) is 11.4 Å². The second-order valence-electron chi connectivity index (χ2n) is 5.70. The zero-order valence-electron chi connectivity index (χ0n) is 13.5. The summed E-state index contributed by atoms with van der Waals surface area (Å²) in [5, 5.41) is 7.08. The number of hydrogen-bond acceptors (Lipinski definition) is 5. The number of nitrogens with one attached hydrogen (secondary N) is 1. The highest BCUT2D eigenvalue weighted by molar-refractivity contribution is 5.95. The minimum Gasteiger partial charge on any atom is -0.472 e. The Morgan fingerprint density at radius 1 is 1.23 bits per heavy atom. The first-order valence-corrected chi connectivity index (χ1v) is 7.82. The average Bonchev–Trinajstić information content (AvgIpc) is 3.30. The molecule has 3 N–H and O–H groups in total. The van der Waals surface area contributed by atoms with Crippen molar-refractivity contribution in [2.75, 3.05) is 5.73 Å². The number of anilines is 1. The molecule has 4 aromatic rings. The molecule has 0 aliphatic heterocycles. The van der Waals surface area contributed by atoms with Crippen LogP contribution in [0, 0.1) is 5.82 Å². The van der Waals surface area contributed by atoms with E-state index in [0.29, 0.717) is 17.0 Å². The molecule has 0 spiro atoms. The summed E-state index contributed by atoms with van der Waals surface area (Å²) in [7, 11) is 0. The predicted molar refractivity (Wildman–Crippen MR) is 92.7 cm³/mol. The summed E-state index contributed by atoms with van der Waals surface area (Å²) < 4.78 is 19.4. The van der Waals surface area contributed by atoms with Gasteiger partial charge in [-0.15, -0.1) is 5.10 Å². The third-order valence-corrected chi connectivity index (χ3v) is 3.87. The Morgan fingerprint density at radius 2 is 2.04 bits per heavy atom. The molecule has 0 unspecified atom stereocenters. The fourth-order valence-electron chi connectivity index (χ4n) is 2.54. The van der Waals surface area contributed by atoms with Crippen LogP contribution in [0.1, 0.15) is 15.9 Å². The second-order valence-corrected chi connectivity index (χ2v) is 5.70. The van der Waals surface area contributed by atoms with Crippen LogP contribution in [0.2, 0.25) is 0 Å². The monoisotopic (exact) mass is 351 g/mol. The molecule has 0 aliphatic rings. The zero-order valence-corrected chi connectivity index (χ0v) is 13.5. The quantitative estimate of drug-likeness (QED) is 0.589. The van der Waals surface area contributed by atoms with Crippen molar-refractivity contribution in [2.24, 2.45) is 0 Å². The molecule has 0 atom stereocenters. The maximum Gasteiger partial charge on any atom is 0.251 e. The Morgan fingerprint density at radius 3 is 2.77 bits per heavy atom. The molecule has 130 valence electrons. The number of nitrogen functional groups attached to an aromatic ring is 1. The van der Waals surface area contributed by atoms with Crippen molar-refractivity contribution in [3.05, 3.63) is 71.9 Å². The van der Waals surface area contributed by atoms with Crippen LogP contribution in [0.5, 0.6) is 0 Å². The lowest BCUT2D eigenvalue weighted by Crippen LogP contribution is -2.23. The number of aromatic nitrogens is 3. The summed E-state index contributed by atoms with van der Waals surface area (Å²) in [4.78, 5) is 16.8. The van der Waals surface area contributed by atoms with E-state index in [1.165, 1.54) is 35.2 Å². The van der Waals surface area contributed by atoms with E-state index >= 15 is 0 Å². The van der Waals surface area contributed by atoms with Crippen LogP contribution >= 0.6 is 0 Å². The molecule has 3 heterocycles. The third kappa shape index (κ3) is 3.00. The standard InChI is InChI=1S/C18H14FN5O2/c19-14-3-1-11(2-4-14)9-21-18(25)13-7-15(20)24-16(8-13)22-17(23-24)12-5-6-26-10-12/h1-8,10H,9,20H2,(H,21,25). The number of carbonyl (C=O) groups excluding carboxylic acids is 1. The number of nitrogens with two attached hydrogens (primary N) is 1. The molecule has 0 saturated heterocycles. The molecule has 0 radical (unpaired) electrons. The molecule has 26 heavy (non-hydrogen) atoms. The molecule has 1 aromatic carbocycles. The largest absolute Gasteiger partial charge is 0.472 e. The van der Waals surface area contributed by atoms with Crippen LogP contribution in [0.25, 0.3) is 17.0 Å². The van der Waals surface area contributed by atoms with Gasteiger partial charge in [-0.25, -0.2) is 9.37 Å². The van der Waals surface area contributed by atoms with E-state index in [4.69, 9.17) is 10.2 Å². The van der Waals surface area contributed by atoms with Gasteiger partial charge in [-0.3, -0.25) is 4.79 Å². The van der Waals surface area contributed by atoms with Crippen LogP contribution in [0.15, 0.2) is 59.4 Å². The molecule has 0 aliphatic carbocycles. The molecule has 3 aromatic heterocycles. The number of carbonyl (C=O) groups is 1. The number of amides is 1. The Hall–Kier alpha value is -3.68. The number of hydrogen-bond donors (Lipinski definition) is 2. The fraction of sp³-hybridized carbons (Fsp3) is 0.0556. The number of halogens is 1. The highest BCUT2D eigenvalue weighted by Gasteiger charge is 2.14. The molecule has 7 nitrogen and oxygen atoms in total. The highest BCUT2D eigenvalue weighted by Crippen LogP contribution is 2.19. The minimum absolute atomic E-state index is 0.275. The van der Waals surface area contributed by atoms with Gasteiger partial charge in [-0.05, 0) is 35.9 Å². The van der Waals surface area contributed by atoms with Crippen LogP contribution in [0.3, 0.4) is 0 Å². The molecule has 0 saturated carbocycles. The lowest BCUT2D eigenvalue weighted by atomic mass is 10.2. The first-order valence-electron chi connectivity index (χ1n) is 7.82. The van der Waals surface area contributed by atoms with E-state index in [1.54, 1.807) is 24.3 Å². The molecular weight excluding hydrogens is 337 g/mol. The molecule has 4 rings (SSSR count). The number of rotatable bonds is 4. The predicted octanol–water partition coefficient (Wildman–Crippen LogP) is 2.64. The summed E-state index contributed by atoms with van der Waals surface area (Å²) in [6.45, 7) is 0.275. The summed E-state index contributed by atoms with van der Waals surface area (Å²) in [6, 6.07) is 10.8. The van der Waals surface area contributed by atoms with Gasteiger partial charge in [0.05, 0.1) is 11.8 Å². The van der Waals surface area contributed by atoms with Gasteiger partial charge in [0, 0.05) is 12.1 Å². The summed E-state index contributed by atoms with van der Waals surface area (Å²) in [5.41, 5.74) is 8.33. The first-order chi connectivity index (χ1) is 12.6. The topological polar surface area (TPSA) is 98.5 Å². The van der Waals surface area contributed by atoms with Crippen molar-refractivity contribution in [2.45, 2.75) is 6.54 Å². The molecule has 0 bridgehead atoms. The van der Waals surface area contributed by atoms with Gasteiger partial charge < -0.3 is 15.5 Å². The Bertz CT molecular complexity index is 1070. The maximum atomic E-state index is 12.9. The fourth-order valence-corrected chi connectivity index (χ4v) is 2.54. The number of furan rings is 1. The SMILES string of the molecule is Nc1cc(C(=O)NCc2ccc(F)cc2)cc2nc(-c3ccoc3)nn12. The van der Waals surface area contributed by atoms with Gasteiger partial charge in [0.25, 0.3) is 5.91 Å². The minimum atomic E-state index is -0.321. The van der Waals surface area contributed by atoms with E-state index in [1.807, 2.05) is 0 Å². The van der Waals surface area contributed by atoms with Crippen molar-refractivity contribution in [1.82, 2.24) is 19.9 Å². The molecule has 8 heteroatoms. The Kier molecular flexibility index (Phi) is 3.85. The summed E-state index contributed by atoms with van der Waals surface area (Å²) in [5.74, 6) is 0.112. The highest BCUT2D eigenvalue weighted by atomic mass is 19.1. The third-order valence-electron chi connectivity index (χ3n) is 3.87. The van der Waals surface area contributed by atoms with E-state index in [0.717, 1.165) is 11.1 Å². The van der Waals surface area contributed by atoms with E-state index in [2.05, 4.69) is 15.4 Å². The summed E-state index contributed by atoms with van der Waals surface area (Å²) in [6.07, 6.45) is 3.06. The van der Waals surface area contributed by atoms with Gasteiger partial charge in [-0.1, -0.05) is 12.1 Å². The maximum absolute atomic E-state index is 12.9. The normalized spacial score (nSPS) is 11.0. The van der Waals surface area contributed by atoms with Gasteiger partial charge >= 0.3 is 0 Å². The molecule has 0 fully saturated rings. The number of benzene rings is 1. The van der Waals surface area contributed by atoms with Crippen LogP contribution in [-0.2, 0) is 6.54 Å². The molecular formula is C18H14FN5O2. The lowest BCUT2D eigenvalue weighted by molar-refractivity contribution is 0.0951. The van der Waals surface area contributed by atoms with Crippen molar-refractivity contribution in [3.63, 3.8) is 0 Å². The van der Waals surface area contributed by atoms with Gasteiger partial charge in [0.15, 0.2) is 11.5 Å².